The van der Waals surface area contributed by atoms with Crippen molar-refractivity contribution in [1.29, 1.82) is 0 Å². The van der Waals surface area contributed by atoms with Crippen LogP contribution in [0.2, 0.25) is 0 Å². The average Bonchev–Trinajstić information content (AvgIpc) is 2.55. The lowest BCUT2D eigenvalue weighted by Gasteiger charge is -2.33. The Morgan fingerprint density at radius 3 is 2.67 bits per heavy atom. The molecule has 1 saturated heterocycles. The molecule has 0 aliphatic carbocycles. The van der Waals surface area contributed by atoms with Crippen LogP contribution in [0.15, 0.2) is 18.2 Å². The highest BCUT2D eigenvalue weighted by Crippen LogP contribution is 2.19. The first kappa shape index (κ1) is 17.6. The number of nitrogens with one attached hydrogen (secondary N) is 2. The minimum absolute atomic E-state index is 0.127. The van der Waals surface area contributed by atoms with Gasteiger partial charge in [-0.3, -0.25) is 20.4 Å². The number of rotatable bonds is 3. The van der Waals surface area contributed by atoms with Crippen molar-refractivity contribution in [3.05, 3.63) is 35.4 Å². The molecule has 1 fully saturated rings. The third kappa shape index (κ3) is 4.40. The van der Waals surface area contributed by atoms with Gasteiger partial charge in [-0.25, -0.2) is 13.6 Å². The van der Waals surface area contributed by atoms with E-state index in [1.54, 1.807) is 0 Å². The molecular formula is C15H17F2N3O4. The van der Waals surface area contributed by atoms with Crippen molar-refractivity contribution >= 4 is 17.9 Å². The molecule has 24 heavy (non-hydrogen) atoms. The Morgan fingerprint density at radius 1 is 1.21 bits per heavy atom. The van der Waals surface area contributed by atoms with Gasteiger partial charge in [0, 0.05) is 19.0 Å². The first-order valence-corrected chi connectivity index (χ1v) is 7.42. The maximum Gasteiger partial charge on any atom is 0.407 e. The molecule has 2 rings (SSSR count). The molecule has 1 atom stereocenters. The minimum Gasteiger partial charge on any atom is -0.465 e. The van der Waals surface area contributed by atoms with Crippen LogP contribution < -0.4 is 10.9 Å². The smallest absolute Gasteiger partial charge is 0.407 e. The normalized spacial score (nSPS) is 17.2. The summed E-state index contributed by atoms with van der Waals surface area (Å²) in [6.45, 7) is 0.355. The van der Waals surface area contributed by atoms with Gasteiger partial charge in [-0.15, -0.1) is 0 Å². The molecule has 0 radical (unpaired) electrons. The Hall–Kier alpha value is -2.71. The second-order valence-corrected chi connectivity index (χ2v) is 5.46. The SMILES string of the molecule is O=C(CC1CCCCN1C(=O)O)NNC(=O)c1cc(F)ccc1F. The lowest BCUT2D eigenvalue weighted by molar-refractivity contribution is -0.123. The van der Waals surface area contributed by atoms with E-state index in [1.807, 2.05) is 5.43 Å². The number of carbonyl (C=O) groups excluding carboxylic acids is 2. The van der Waals surface area contributed by atoms with Gasteiger partial charge in [0.15, 0.2) is 0 Å². The molecule has 0 aromatic heterocycles. The Balaban J connectivity index is 1.89. The van der Waals surface area contributed by atoms with Crippen molar-refractivity contribution < 1.29 is 28.3 Å². The number of piperidine rings is 1. The van der Waals surface area contributed by atoms with Gasteiger partial charge < -0.3 is 10.0 Å². The van der Waals surface area contributed by atoms with E-state index >= 15 is 0 Å². The number of amides is 3. The Labute approximate surface area is 136 Å². The monoisotopic (exact) mass is 341 g/mol. The highest BCUT2D eigenvalue weighted by Gasteiger charge is 2.28. The first-order valence-electron chi connectivity index (χ1n) is 7.42. The molecule has 7 nitrogen and oxygen atoms in total. The number of hydrazine groups is 1. The Morgan fingerprint density at radius 2 is 1.96 bits per heavy atom. The number of carboxylic acid groups (broad SMARTS) is 1. The Kier molecular flexibility index (Phi) is 5.67. The van der Waals surface area contributed by atoms with Gasteiger partial charge in [0.25, 0.3) is 5.91 Å². The van der Waals surface area contributed by atoms with Crippen LogP contribution in [0.1, 0.15) is 36.0 Å². The summed E-state index contributed by atoms with van der Waals surface area (Å²) in [5.74, 6) is -3.32. The second-order valence-electron chi connectivity index (χ2n) is 5.46. The van der Waals surface area contributed by atoms with Crippen molar-refractivity contribution in [3.8, 4) is 0 Å². The first-order chi connectivity index (χ1) is 11.4. The van der Waals surface area contributed by atoms with Crippen LogP contribution in [-0.2, 0) is 4.79 Å². The van der Waals surface area contributed by atoms with Crippen LogP contribution in [0.5, 0.6) is 0 Å². The molecule has 0 bridgehead atoms. The third-order valence-corrected chi connectivity index (χ3v) is 3.78. The van der Waals surface area contributed by atoms with E-state index in [-0.39, 0.29) is 6.42 Å². The number of hydrogen-bond acceptors (Lipinski definition) is 3. The van der Waals surface area contributed by atoms with E-state index in [0.717, 1.165) is 25.0 Å². The number of benzene rings is 1. The number of likely N-dealkylation sites (tertiary alicyclic amines) is 1. The zero-order chi connectivity index (χ0) is 17.7. The molecule has 3 amide bonds. The van der Waals surface area contributed by atoms with Crippen LogP contribution in [0.25, 0.3) is 0 Å². The largest absolute Gasteiger partial charge is 0.465 e. The van der Waals surface area contributed by atoms with Crippen LogP contribution in [-0.4, -0.2) is 40.5 Å². The van der Waals surface area contributed by atoms with Gasteiger partial charge in [0.2, 0.25) is 5.91 Å². The van der Waals surface area contributed by atoms with Gasteiger partial charge in [-0.1, -0.05) is 0 Å². The van der Waals surface area contributed by atoms with Gasteiger partial charge in [-0.05, 0) is 37.5 Å². The predicted octanol–water partition coefficient (Wildman–Crippen LogP) is 1.65. The lowest BCUT2D eigenvalue weighted by Crippen LogP contribution is -2.48. The highest BCUT2D eigenvalue weighted by molar-refractivity contribution is 5.95. The summed E-state index contributed by atoms with van der Waals surface area (Å²) in [5, 5.41) is 9.09. The van der Waals surface area contributed by atoms with E-state index < -0.39 is 41.1 Å². The Bertz CT molecular complexity index is 654. The lowest BCUT2D eigenvalue weighted by atomic mass is 10.00. The summed E-state index contributed by atoms with van der Waals surface area (Å²) in [4.78, 5) is 35.9. The maximum atomic E-state index is 13.4. The summed E-state index contributed by atoms with van der Waals surface area (Å²) < 4.78 is 26.5. The van der Waals surface area contributed by atoms with E-state index in [9.17, 15) is 23.2 Å². The number of halogens is 2. The fourth-order valence-electron chi connectivity index (χ4n) is 2.59. The van der Waals surface area contributed by atoms with E-state index in [1.165, 1.54) is 4.90 Å². The quantitative estimate of drug-likeness (QED) is 0.728. The molecule has 1 aromatic rings. The zero-order valence-electron chi connectivity index (χ0n) is 12.7. The summed E-state index contributed by atoms with van der Waals surface area (Å²) in [5.41, 5.74) is 3.53. The molecule has 0 spiro atoms. The fraction of sp³-hybridized carbons (Fsp3) is 0.400. The molecule has 1 heterocycles. The van der Waals surface area contributed by atoms with Gasteiger partial charge in [-0.2, -0.15) is 0 Å². The number of nitrogens with zero attached hydrogens (tertiary/aromatic N) is 1. The van der Waals surface area contributed by atoms with Crippen LogP contribution in [0.4, 0.5) is 13.6 Å². The number of hydrogen-bond donors (Lipinski definition) is 3. The molecule has 1 aliphatic rings. The van der Waals surface area contributed by atoms with Crippen molar-refractivity contribution in [1.82, 2.24) is 15.8 Å². The maximum absolute atomic E-state index is 13.4. The van der Waals surface area contributed by atoms with Gasteiger partial charge >= 0.3 is 6.09 Å². The molecule has 1 aromatic carbocycles. The molecule has 1 unspecified atom stereocenters. The van der Waals surface area contributed by atoms with Crippen LogP contribution in [0, 0.1) is 11.6 Å². The summed E-state index contributed by atoms with van der Waals surface area (Å²) >= 11 is 0. The van der Waals surface area contributed by atoms with E-state index in [2.05, 4.69) is 5.43 Å². The van der Waals surface area contributed by atoms with Gasteiger partial charge in [0.05, 0.1) is 5.56 Å². The molecule has 0 saturated carbocycles. The third-order valence-electron chi connectivity index (χ3n) is 3.78. The van der Waals surface area contributed by atoms with Crippen molar-refractivity contribution in [2.45, 2.75) is 31.7 Å². The highest BCUT2D eigenvalue weighted by atomic mass is 19.1. The summed E-state index contributed by atoms with van der Waals surface area (Å²) in [6, 6.07) is 1.91. The minimum atomic E-state index is -1.10. The molecule has 130 valence electrons. The molecule has 9 heteroatoms. The van der Waals surface area contributed by atoms with Crippen molar-refractivity contribution in [2.75, 3.05) is 6.54 Å². The van der Waals surface area contributed by atoms with Crippen LogP contribution >= 0.6 is 0 Å². The predicted molar refractivity (Wildman–Crippen MR) is 79.0 cm³/mol. The zero-order valence-corrected chi connectivity index (χ0v) is 12.7. The van der Waals surface area contributed by atoms with E-state index in [0.29, 0.717) is 19.0 Å². The number of carbonyl (C=O) groups is 3. The average molecular weight is 341 g/mol. The topological polar surface area (TPSA) is 98.7 Å². The molecular weight excluding hydrogens is 324 g/mol. The fourth-order valence-corrected chi connectivity index (χ4v) is 2.59. The van der Waals surface area contributed by atoms with Crippen LogP contribution in [0.3, 0.4) is 0 Å². The summed E-state index contributed by atoms with van der Waals surface area (Å²) in [7, 11) is 0. The molecule has 1 aliphatic heterocycles. The standard InChI is InChI=1S/C15H17F2N3O4/c16-9-4-5-12(17)11(7-9)14(22)19-18-13(21)8-10-3-1-2-6-20(10)15(23)24/h4-5,7,10H,1-3,6,8H2,(H,18,21)(H,19,22)(H,23,24). The summed E-state index contributed by atoms with van der Waals surface area (Å²) in [6.07, 6.45) is 0.867. The van der Waals surface area contributed by atoms with Crippen molar-refractivity contribution in [3.63, 3.8) is 0 Å². The van der Waals surface area contributed by atoms with Gasteiger partial charge in [0.1, 0.15) is 11.6 Å². The van der Waals surface area contributed by atoms with Crippen molar-refractivity contribution in [2.24, 2.45) is 0 Å². The van der Waals surface area contributed by atoms with E-state index in [4.69, 9.17) is 5.11 Å². The second kappa shape index (κ2) is 7.71. The molecule has 3 N–H and O–H groups in total.